The number of rotatable bonds is 37. The maximum Gasteiger partial charge on any atom is 0.306 e. The molecule has 0 unspecified atom stereocenters. The SMILES string of the molecule is CCC=CCC=CCC=CCC=CCCCCC(=O)OC[C@H](CO)OC(=O)CCCCCCCCCCCCCC=CCCCCCCCC. The third-order valence-corrected chi connectivity index (χ3v) is 8.80. The van der Waals surface area contributed by atoms with Crippen molar-refractivity contribution in [2.45, 2.75) is 200 Å². The first-order chi connectivity index (χ1) is 24.6. The lowest BCUT2D eigenvalue weighted by atomic mass is 10.0. The van der Waals surface area contributed by atoms with E-state index in [2.05, 4.69) is 74.6 Å². The number of ether oxygens (including phenoxy) is 2. The minimum Gasteiger partial charge on any atom is -0.462 e. The van der Waals surface area contributed by atoms with E-state index in [1.807, 2.05) is 0 Å². The minimum atomic E-state index is -0.790. The molecule has 0 aliphatic heterocycles. The molecule has 0 aromatic heterocycles. The molecule has 0 aliphatic carbocycles. The Morgan fingerprint density at radius 2 is 0.860 bits per heavy atom. The molecule has 0 rings (SSSR count). The summed E-state index contributed by atoms with van der Waals surface area (Å²) in [6.07, 6.45) is 52.9. The van der Waals surface area contributed by atoms with E-state index in [0.717, 1.165) is 64.2 Å². The number of unbranched alkanes of at least 4 members (excludes halogenated alkanes) is 19. The van der Waals surface area contributed by atoms with E-state index in [-0.39, 0.29) is 25.2 Å². The summed E-state index contributed by atoms with van der Waals surface area (Å²) in [4.78, 5) is 24.3. The molecule has 0 saturated carbocycles. The van der Waals surface area contributed by atoms with Gasteiger partial charge in [-0.05, 0) is 77.0 Å². The number of carbonyl (C=O) groups excluding carboxylic acids is 2. The molecule has 0 aromatic carbocycles. The van der Waals surface area contributed by atoms with Crippen molar-refractivity contribution >= 4 is 11.9 Å². The largest absolute Gasteiger partial charge is 0.462 e. The maximum absolute atomic E-state index is 12.2. The van der Waals surface area contributed by atoms with E-state index < -0.39 is 6.10 Å². The van der Waals surface area contributed by atoms with Crippen molar-refractivity contribution < 1.29 is 24.2 Å². The van der Waals surface area contributed by atoms with Crippen LogP contribution in [-0.2, 0) is 19.1 Å². The molecule has 0 heterocycles. The molecule has 288 valence electrons. The van der Waals surface area contributed by atoms with E-state index in [0.29, 0.717) is 12.8 Å². The van der Waals surface area contributed by atoms with E-state index in [1.54, 1.807) is 0 Å². The van der Waals surface area contributed by atoms with Crippen molar-refractivity contribution in [2.24, 2.45) is 0 Å². The Hall–Kier alpha value is -2.40. The number of aliphatic hydroxyl groups is 1. The number of esters is 2. The van der Waals surface area contributed by atoms with Gasteiger partial charge in [0.05, 0.1) is 6.61 Å². The Bertz CT molecular complexity index is 884. The van der Waals surface area contributed by atoms with Crippen LogP contribution >= 0.6 is 0 Å². The summed E-state index contributed by atoms with van der Waals surface area (Å²) in [5.41, 5.74) is 0. The summed E-state index contributed by atoms with van der Waals surface area (Å²) in [6, 6.07) is 0. The summed E-state index contributed by atoms with van der Waals surface area (Å²) in [5, 5.41) is 9.56. The molecular formula is C45H78O5. The lowest BCUT2D eigenvalue weighted by Crippen LogP contribution is -2.28. The first kappa shape index (κ1) is 47.6. The van der Waals surface area contributed by atoms with Gasteiger partial charge in [0, 0.05) is 12.8 Å². The first-order valence-corrected chi connectivity index (χ1v) is 20.8. The highest BCUT2D eigenvalue weighted by molar-refractivity contribution is 5.70. The molecule has 0 saturated heterocycles. The highest BCUT2D eigenvalue weighted by atomic mass is 16.6. The predicted molar refractivity (Wildman–Crippen MR) is 214 cm³/mol. The van der Waals surface area contributed by atoms with Crippen molar-refractivity contribution in [3.05, 3.63) is 60.8 Å². The van der Waals surface area contributed by atoms with Gasteiger partial charge in [-0.25, -0.2) is 0 Å². The second kappa shape index (κ2) is 41.0. The van der Waals surface area contributed by atoms with Crippen LogP contribution in [0.3, 0.4) is 0 Å². The van der Waals surface area contributed by atoms with Crippen molar-refractivity contribution in [3.8, 4) is 0 Å². The van der Waals surface area contributed by atoms with Crippen molar-refractivity contribution in [1.82, 2.24) is 0 Å². The molecule has 1 N–H and O–H groups in total. The zero-order valence-electron chi connectivity index (χ0n) is 32.6. The molecule has 0 radical (unpaired) electrons. The fourth-order valence-electron chi connectivity index (χ4n) is 5.66. The average molecular weight is 699 g/mol. The fourth-order valence-corrected chi connectivity index (χ4v) is 5.66. The van der Waals surface area contributed by atoms with Crippen LogP contribution in [0.5, 0.6) is 0 Å². The van der Waals surface area contributed by atoms with Gasteiger partial charge in [0.1, 0.15) is 6.61 Å². The predicted octanol–water partition coefficient (Wildman–Crippen LogP) is 13.2. The molecule has 0 aliphatic rings. The second-order valence-electron chi connectivity index (χ2n) is 13.7. The summed E-state index contributed by atoms with van der Waals surface area (Å²) in [7, 11) is 0. The molecule has 0 aromatic rings. The van der Waals surface area contributed by atoms with Crippen molar-refractivity contribution in [2.75, 3.05) is 13.2 Å². The van der Waals surface area contributed by atoms with Crippen molar-refractivity contribution in [3.63, 3.8) is 0 Å². The highest BCUT2D eigenvalue weighted by Crippen LogP contribution is 2.14. The van der Waals surface area contributed by atoms with E-state index in [4.69, 9.17) is 9.47 Å². The van der Waals surface area contributed by atoms with Gasteiger partial charge in [-0.1, -0.05) is 164 Å². The average Bonchev–Trinajstić information content (AvgIpc) is 3.12. The number of carbonyl (C=O) groups is 2. The molecule has 5 heteroatoms. The number of hydrogen-bond acceptors (Lipinski definition) is 5. The van der Waals surface area contributed by atoms with Gasteiger partial charge in [0.2, 0.25) is 0 Å². The molecule has 5 nitrogen and oxygen atoms in total. The van der Waals surface area contributed by atoms with Gasteiger partial charge in [-0.15, -0.1) is 0 Å². The van der Waals surface area contributed by atoms with Gasteiger partial charge < -0.3 is 14.6 Å². The Kier molecular flexibility index (Phi) is 39.1. The highest BCUT2D eigenvalue weighted by Gasteiger charge is 2.16. The molecule has 0 fully saturated rings. The van der Waals surface area contributed by atoms with Crippen LogP contribution < -0.4 is 0 Å². The maximum atomic E-state index is 12.2. The van der Waals surface area contributed by atoms with Crippen LogP contribution in [0.1, 0.15) is 194 Å². The lowest BCUT2D eigenvalue weighted by Gasteiger charge is -2.15. The van der Waals surface area contributed by atoms with Gasteiger partial charge in [0.15, 0.2) is 6.10 Å². The van der Waals surface area contributed by atoms with Crippen LogP contribution in [0.4, 0.5) is 0 Å². The molecular weight excluding hydrogens is 620 g/mol. The summed E-state index contributed by atoms with van der Waals surface area (Å²) in [6.45, 7) is 3.98. The van der Waals surface area contributed by atoms with Crippen LogP contribution in [-0.4, -0.2) is 36.4 Å². The standard InChI is InChI=1S/C45H78O5/c1-3-5-7-9-11-13-15-17-19-20-21-22-23-24-26-28-30-32-34-36-38-40-45(48)50-43(41-46)42-49-44(47)39-37-35-33-31-29-27-25-18-16-14-12-10-8-6-4-2/h6,8,12,14,17-19,25,29,31,43,46H,3-5,7,9-11,13,15-16,20-24,26-28,30,32-42H2,1-2H3/t43-/m0/s1. The normalized spacial score (nSPS) is 12.8. The molecule has 50 heavy (non-hydrogen) atoms. The Balaban J connectivity index is 3.58. The van der Waals surface area contributed by atoms with E-state index in [9.17, 15) is 14.7 Å². The smallest absolute Gasteiger partial charge is 0.306 e. The van der Waals surface area contributed by atoms with Crippen molar-refractivity contribution in [1.29, 1.82) is 0 Å². The summed E-state index contributed by atoms with van der Waals surface area (Å²) >= 11 is 0. The molecule has 1 atom stereocenters. The Morgan fingerprint density at radius 1 is 0.480 bits per heavy atom. The molecule has 0 spiro atoms. The van der Waals surface area contributed by atoms with E-state index in [1.165, 1.54) is 103 Å². The zero-order valence-corrected chi connectivity index (χ0v) is 32.6. The third-order valence-electron chi connectivity index (χ3n) is 8.80. The van der Waals surface area contributed by atoms with Gasteiger partial charge in [-0.3, -0.25) is 9.59 Å². The Morgan fingerprint density at radius 3 is 1.36 bits per heavy atom. The van der Waals surface area contributed by atoms with Gasteiger partial charge in [0.25, 0.3) is 0 Å². The molecule has 0 bridgehead atoms. The summed E-state index contributed by atoms with van der Waals surface area (Å²) < 4.78 is 10.6. The van der Waals surface area contributed by atoms with Gasteiger partial charge in [-0.2, -0.15) is 0 Å². The monoisotopic (exact) mass is 699 g/mol. The van der Waals surface area contributed by atoms with Gasteiger partial charge >= 0.3 is 11.9 Å². The first-order valence-electron chi connectivity index (χ1n) is 20.8. The zero-order chi connectivity index (χ0) is 36.4. The van der Waals surface area contributed by atoms with Crippen LogP contribution in [0.25, 0.3) is 0 Å². The lowest BCUT2D eigenvalue weighted by molar-refractivity contribution is -0.161. The fraction of sp³-hybridized carbons (Fsp3) is 0.733. The number of aliphatic hydroxyl groups excluding tert-OH is 1. The third kappa shape index (κ3) is 38.4. The van der Waals surface area contributed by atoms with Crippen LogP contribution in [0, 0.1) is 0 Å². The molecule has 0 amide bonds. The summed E-state index contributed by atoms with van der Waals surface area (Å²) in [5.74, 6) is -0.641. The van der Waals surface area contributed by atoms with Crippen LogP contribution in [0.15, 0.2) is 60.8 Å². The van der Waals surface area contributed by atoms with Crippen LogP contribution in [0.2, 0.25) is 0 Å². The number of allylic oxidation sites excluding steroid dienone is 10. The van der Waals surface area contributed by atoms with E-state index >= 15 is 0 Å². The topological polar surface area (TPSA) is 72.8 Å². The second-order valence-corrected chi connectivity index (χ2v) is 13.7. The number of hydrogen-bond donors (Lipinski definition) is 1. The quantitative estimate of drug-likeness (QED) is 0.0397. The minimum absolute atomic E-state index is 0.0890. The Labute approximate surface area is 309 Å².